The van der Waals surface area contributed by atoms with Crippen molar-refractivity contribution in [3.05, 3.63) is 17.8 Å². The number of nitrogens with two attached hydrogens (primary N) is 1. The number of hydrogen-bond donors (Lipinski definition) is 2. The van der Waals surface area contributed by atoms with Gasteiger partial charge in [0.1, 0.15) is 0 Å². The van der Waals surface area contributed by atoms with Gasteiger partial charge in [0.2, 0.25) is 0 Å². The van der Waals surface area contributed by atoms with Crippen molar-refractivity contribution in [2.75, 3.05) is 5.43 Å². The van der Waals surface area contributed by atoms with Gasteiger partial charge < -0.3 is 11.2 Å². The zero-order valence-electron chi connectivity index (χ0n) is 10.8. The fourth-order valence-electron chi connectivity index (χ4n) is 2.30. The molecule has 6 heteroatoms. The first-order valence-electron chi connectivity index (χ1n) is 6.26. The monoisotopic (exact) mass is 249 g/mol. The van der Waals surface area contributed by atoms with Crippen molar-refractivity contribution >= 4 is 11.7 Å². The van der Waals surface area contributed by atoms with E-state index in [1.807, 2.05) is 0 Å². The van der Waals surface area contributed by atoms with Gasteiger partial charge in [-0.2, -0.15) is 0 Å². The number of carbonyl (C=O) groups excluding carboxylic acids is 1. The molecule has 2 unspecified atom stereocenters. The number of carbonyl (C=O) groups is 1. The minimum Gasteiger partial charge on any atom is -0.364 e. The van der Waals surface area contributed by atoms with E-state index in [9.17, 15) is 4.79 Å². The van der Waals surface area contributed by atoms with Gasteiger partial charge in [0.05, 0.1) is 0 Å². The number of hydrazine groups is 1. The van der Waals surface area contributed by atoms with E-state index in [-0.39, 0.29) is 5.69 Å². The Balaban J connectivity index is 2.06. The van der Waals surface area contributed by atoms with Crippen molar-refractivity contribution < 1.29 is 4.79 Å². The largest absolute Gasteiger partial charge is 0.364 e. The molecule has 6 nitrogen and oxygen atoms in total. The lowest BCUT2D eigenvalue weighted by Gasteiger charge is -2.38. The second kappa shape index (κ2) is 5.30. The van der Waals surface area contributed by atoms with E-state index >= 15 is 0 Å². The standard InChI is InChI=1S/C12H19N5O/c1-8-4-3-5-9(2)17(8)16-11-7-6-10(12(13)18)14-15-11/h6-9H,3-5H2,1-2H3,(H2,13,18)(H,15,16). The summed E-state index contributed by atoms with van der Waals surface area (Å²) >= 11 is 0. The predicted molar refractivity (Wildman–Crippen MR) is 68.8 cm³/mol. The van der Waals surface area contributed by atoms with Crippen LogP contribution >= 0.6 is 0 Å². The molecule has 1 saturated heterocycles. The Morgan fingerprint density at radius 3 is 2.50 bits per heavy atom. The summed E-state index contributed by atoms with van der Waals surface area (Å²) in [4.78, 5) is 10.9. The van der Waals surface area contributed by atoms with Gasteiger partial charge in [-0.3, -0.25) is 4.79 Å². The van der Waals surface area contributed by atoms with Crippen molar-refractivity contribution in [1.29, 1.82) is 0 Å². The molecule has 3 N–H and O–H groups in total. The van der Waals surface area contributed by atoms with Crippen LogP contribution < -0.4 is 11.2 Å². The van der Waals surface area contributed by atoms with Gasteiger partial charge in [0.25, 0.3) is 5.91 Å². The van der Waals surface area contributed by atoms with Crippen LogP contribution in [0.2, 0.25) is 0 Å². The second-order valence-corrected chi connectivity index (χ2v) is 4.82. The maximum absolute atomic E-state index is 10.9. The molecule has 1 aromatic rings. The van der Waals surface area contributed by atoms with Crippen molar-refractivity contribution in [2.45, 2.75) is 45.2 Å². The first kappa shape index (κ1) is 12.8. The molecule has 1 aliphatic rings. The number of hydrogen-bond acceptors (Lipinski definition) is 5. The number of anilines is 1. The number of nitrogens with one attached hydrogen (secondary N) is 1. The maximum atomic E-state index is 10.9. The first-order valence-corrected chi connectivity index (χ1v) is 6.26. The molecule has 0 spiro atoms. The van der Waals surface area contributed by atoms with Gasteiger partial charge in [-0.25, -0.2) is 5.01 Å². The third-order valence-corrected chi connectivity index (χ3v) is 3.35. The molecule has 98 valence electrons. The molecule has 0 radical (unpaired) electrons. The van der Waals surface area contributed by atoms with Crippen molar-refractivity contribution in [3.63, 3.8) is 0 Å². The summed E-state index contributed by atoms with van der Waals surface area (Å²) in [5.74, 6) is 0.0781. The van der Waals surface area contributed by atoms with Crippen molar-refractivity contribution in [1.82, 2.24) is 15.2 Å². The average molecular weight is 249 g/mol. The molecule has 1 amide bonds. The van der Waals surface area contributed by atoms with E-state index in [2.05, 4.69) is 34.5 Å². The number of aromatic nitrogens is 2. The van der Waals surface area contributed by atoms with Gasteiger partial charge in [0.15, 0.2) is 11.5 Å². The fourth-order valence-corrected chi connectivity index (χ4v) is 2.30. The molecular formula is C12H19N5O. The molecule has 18 heavy (non-hydrogen) atoms. The van der Waals surface area contributed by atoms with Crippen LogP contribution in [-0.4, -0.2) is 33.2 Å². The highest BCUT2D eigenvalue weighted by Crippen LogP contribution is 2.22. The third-order valence-electron chi connectivity index (χ3n) is 3.35. The van der Waals surface area contributed by atoms with E-state index in [4.69, 9.17) is 5.73 Å². The molecule has 2 rings (SSSR count). The number of primary amides is 1. The summed E-state index contributed by atoms with van der Waals surface area (Å²) in [7, 11) is 0. The molecule has 0 aliphatic carbocycles. The lowest BCUT2D eigenvalue weighted by atomic mass is 10.00. The van der Waals surface area contributed by atoms with E-state index in [0.29, 0.717) is 17.9 Å². The fraction of sp³-hybridized carbons (Fsp3) is 0.583. The third kappa shape index (κ3) is 2.76. The van der Waals surface area contributed by atoms with Crippen LogP contribution in [0.4, 0.5) is 5.82 Å². The highest BCUT2D eigenvalue weighted by atomic mass is 16.1. The normalized spacial score (nSPS) is 24.8. The van der Waals surface area contributed by atoms with Crippen LogP contribution in [0.15, 0.2) is 12.1 Å². The van der Waals surface area contributed by atoms with Crippen molar-refractivity contribution in [3.8, 4) is 0 Å². The maximum Gasteiger partial charge on any atom is 0.269 e. The molecular weight excluding hydrogens is 230 g/mol. The minimum absolute atomic E-state index is 0.181. The van der Waals surface area contributed by atoms with Gasteiger partial charge in [-0.15, -0.1) is 10.2 Å². The molecule has 1 aliphatic heterocycles. The highest BCUT2D eigenvalue weighted by Gasteiger charge is 2.24. The Kier molecular flexibility index (Phi) is 3.76. The number of rotatable bonds is 3. The minimum atomic E-state index is -0.561. The van der Waals surface area contributed by atoms with Gasteiger partial charge >= 0.3 is 0 Å². The quantitative estimate of drug-likeness (QED) is 0.840. The molecule has 2 atom stereocenters. The van der Waals surface area contributed by atoms with E-state index in [1.165, 1.54) is 19.3 Å². The predicted octanol–water partition coefficient (Wildman–Crippen LogP) is 1.17. The highest BCUT2D eigenvalue weighted by molar-refractivity contribution is 5.90. The van der Waals surface area contributed by atoms with Crippen LogP contribution in [0, 0.1) is 0 Å². The number of piperidine rings is 1. The summed E-state index contributed by atoms with van der Waals surface area (Å²) in [5, 5.41) is 9.93. The topological polar surface area (TPSA) is 84.1 Å². The Labute approximate surface area is 107 Å². The molecule has 0 bridgehead atoms. The zero-order chi connectivity index (χ0) is 13.1. The zero-order valence-corrected chi connectivity index (χ0v) is 10.8. The van der Waals surface area contributed by atoms with Crippen molar-refractivity contribution in [2.24, 2.45) is 5.73 Å². The lowest BCUT2D eigenvalue weighted by Crippen LogP contribution is -2.47. The molecule has 1 fully saturated rings. The molecule has 2 heterocycles. The van der Waals surface area contributed by atoms with E-state index in [1.54, 1.807) is 12.1 Å². The Morgan fingerprint density at radius 2 is 2.00 bits per heavy atom. The van der Waals surface area contributed by atoms with Crippen LogP contribution in [0.5, 0.6) is 0 Å². The lowest BCUT2D eigenvalue weighted by molar-refractivity contribution is 0.0994. The van der Waals surface area contributed by atoms with E-state index < -0.39 is 5.91 Å². The van der Waals surface area contributed by atoms with Crippen LogP contribution in [0.1, 0.15) is 43.6 Å². The smallest absolute Gasteiger partial charge is 0.269 e. The SMILES string of the molecule is CC1CCCC(C)N1Nc1ccc(C(N)=O)nn1. The molecule has 1 aromatic heterocycles. The summed E-state index contributed by atoms with van der Waals surface area (Å²) in [6, 6.07) is 4.23. The average Bonchev–Trinajstić information content (AvgIpc) is 2.34. The summed E-state index contributed by atoms with van der Waals surface area (Å²) in [5.41, 5.74) is 8.55. The number of amides is 1. The van der Waals surface area contributed by atoms with Gasteiger partial charge in [-0.1, -0.05) is 6.42 Å². The Hall–Kier alpha value is -1.69. The summed E-state index contributed by atoms with van der Waals surface area (Å²) in [6.45, 7) is 4.38. The van der Waals surface area contributed by atoms with Crippen LogP contribution in [-0.2, 0) is 0 Å². The van der Waals surface area contributed by atoms with Crippen LogP contribution in [0.25, 0.3) is 0 Å². The summed E-state index contributed by atoms with van der Waals surface area (Å²) in [6.07, 6.45) is 3.60. The van der Waals surface area contributed by atoms with Gasteiger partial charge in [0, 0.05) is 12.1 Å². The molecule has 0 aromatic carbocycles. The number of nitrogens with zero attached hydrogens (tertiary/aromatic N) is 3. The Morgan fingerprint density at radius 1 is 1.33 bits per heavy atom. The summed E-state index contributed by atoms with van der Waals surface area (Å²) < 4.78 is 0. The van der Waals surface area contributed by atoms with Crippen LogP contribution in [0.3, 0.4) is 0 Å². The Bertz CT molecular complexity index is 409. The second-order valence-electron chi connectivity index (χ2n) is 4.82. The first-order chi connectivity index (χ1) is 8.58. The van der Waals surface area contributed by atoms with E-state index in [0.717, 1.165) is 0 Å². The molecule has 0 saturated carbocycles. The van der Waals surface area contributed by atoms with Gasteiger partial charge in [-0.05, 0) is 38.8 Å².